The van der Waals surface area contributed by atoms with Crippen LogP contribution >= 0.6 is 0 Å². The summed E-state index contributed by atoms with van der Waals surface area (Å²) in [7, 11) is -3.18. The van der Waals surface area contributed by atoms with Crippen molar-refractivity contribution >= 4 is 9.05 Å². The number of rotatable bonds is 13. The van der Waals surface area contributed by atoms with Crippen molar-refractivity contribution in [2.75, 3.05) is 33.0 Å². The van der Waals surface area contributed by atoms with E-state index in [0.29, 0.717) is 39.4 Å². The molecule has 1 atom stereocenters. The largest absolute Gasteiger partial charge is 0.681 e. The van der Waals surface area contributed by atoms with Gasteiger partial charge in [-0.05, 0) is 47.6 Å². The third kappa shape index (κ3) is 7.12. The lowest BCUT2D eigenvalue weighted by Gasteiger charge is -2.37. The second-order valence-corrected chi connectivity index (χ2v) is 6.43. The highest BCUT2D eigenvalue weighted by Gasteiger charge is 2.50. The molecule has 2 N–H and O–H groups in total. The van der Waals surface area contributed by atoms with Gasteiger partial charge in [0.2, 0.25) is 0 Å². The zero-order valence-corrected chi connectivity index (χ0v) is 14.6. The lowest BCUT2D eigenvalue weighted by Crippen LogP contribution is -2.55. The molecule has 0 saturated carbocycles. The van der Waals surface area contributed by atoms with Crippen LogP contribution in [0.15, 0.2) is 0 Å². The maximum Gasteiger partial charge on any atom is 0.681 e. The van der Waals surface area contributed by atoms with Gasteiger partial charge < -0.3 is 28.2 Å². The highest BCUT2D eigenvalue weighted by atomic mass is 28.4. The molecule has 0 aromatic heterocycles. The van der Waals surface area contributed by atoms with E-state index in [0.717, 1.165) is 6.42 Å². The summed E-state index contributed by atoms with van der Waals surface area (Å²) in [6.45, 7) is 12.0. The molecule has 0 aliphatic carbocycles. The molecule has 0 heterocycles. The fourth-order valence-electron chi connectivity index (χ4n) is 1.89. The molecule has 0 aromatic carbocycles. The van der Waals surface area contributed by atoms with E-state index in [4.69, 9.17) is 28.2 Å². The molecule has 0 aromatic rings. The normalized spacial score (nSPS) is 15.3. The maximum absolute atomic E-state index is 6.08. The molecule has 122 valence electrons. The highest BCUT2D eigenvalue weighted by molar-refractivity contribution is 6.53. The molecule has 0 aliphatic rings. The molecule has 7 heteroatoms. The Morgan fingerprint density at radius 2 is 1.40 bits per heavy atom. The summed E-state index contributed by atoms with van der Waals surface area (Å²) in [6, 6.07) is 0. The molecule has 0 saturated heterocycles. The predicted molar refractivity (Wildman–Crippen MR) is 80.0 cm³/mol. The first-order valence-corrected chi connectivity index (χ1v) is 9.10. The Morgan fingerprint density at radius 3 is 1.75 bits per heavy atom. The molecule has 0 aliphatic heterocycles. The first-order chi connectivity index (χ1) is 9.51. The molecule has 1 unspecified atom stereocenters. The van der Waals surface area contributed by atoms with E-state index in [1.165, 1.54) is 0 Å². The Labute approximate surface area is 124 Å². The Morgan fingerprint density at radius 1 is 0.900 bits per heavy atom. The quantitative estimate of drug-likeness (QED) is 0.415. The van der Waals surface area contributed by atoms with Crippen LogP contribution in [-0.4, -0.2) is 47.8 Å². The van der Waals surface area contributed by atoms with Crippen LogP contribution in [-0.2, 0) is 22.4 Å². The fraction of sp³-hybridized carbons (Fsp3) is 1.00. The van der Waals surface area contributed by atoms with E-state index in [-0.39, 0.29) is 0 Å². The van der Waals surface area contributed by atoms with Crippen LogP contribution in [0.3, 0.4) is 0 Å². The van der Waals surface area contributed by atoms with Gasteiger partial charge in [0.25, 0.3) is 0 Å². The van der Waals surface area contributed by atoms with Crippen LogP contribution in [0.5, 0.6) is 0 Å². The van der Waals surface area contributed by atoms with E-state index in [2.05, 4.69) is 0 Å². The van der Waals surface area contributed by atoms with Crippen LogP contribution in [0.4, 0.5) is 0 Å². The van der Waals surface area contributed by atoms with Gasteiger partial charge in [-0.3, -0.25) is 0 Å². The van der Waals surface area contributed by atoms with Crippen LogP contribution in [0.25, 0.3) is 0 Å². The first-order valence-electron chi connectivity index (χ1n) is 7.47. The minimum Gasteiger partial charge on any atom is -0.351 e. The van der Waals surface area contributed by atoms with Crippen LogP contribution < -0.4 is 5.73 Å². The molecule has 0 amide bonds. The second-order valence-electron chi connectivity index (χ2n) is 4.36. The minimum atomic E-state index is -3.18. The van der Waals surface area contributed by atoms with Crippen LogP contribution in [0, 0.1) is 0 Å². The van der Waals surface area contributed by atoms with Gasteiger partial charge in [-0.25, -0.2) is 0 Å². The molecule has 0 fully saturated rings. The average Bonchev–Trinajstić information content (AvgIpc) is 2.37. The monoisotopic (exact) mass is 309 g/mol. The maximum atomic E-state index is 6.08. The van der Waals surface area contributed by atoms with Crippen molar-refractivity contribution in [2.45, 2.75) is 53.2 Å². The fourth-order valence-corrected chi connectivity index (χ4v) is 4.07. The molecule has 20 heavy (non-hydrogen) atoms. The zero-order chi connectivity index (χ0) is 15.5. The molecular formula is C13H31NO5Si. The van der Waals surface area contributed by atoms with Crippen LogP contribution in [0.2, 0.25) is 0 Å². The van der Waals surface area contributed by atoms with E-state index in [1.807, 2.05) is 34.6 Å². The first kappa shape index (κ1) is 20.0. The smallest absolute Gasteiger partial charge is 0.351 e. The third-order valence-electron chi connectivity index (χ3n) is 2.59. The van der Waals surface area contributed by atoms with Crippen LogP contribution in [0.1, 0.15) is 47.5 Å². The molecule has 0 radical (unpaired) electrons. The molecule has 0 spiro atoms. The van der Waals surface area contributed by atoms with Crippen molar-refractivity contribution in [1.29, 1.82) is 0 Å². The number of ether oxygens (including phenoxy) is 1. The average molecular weight is 309 g/mol. The van der Waals surface area contributed by atoms with Gasteiger partial charge in [0.1, 0.15) is 0 Å². The molecule has 0 rings (SSSR count). The Bertz CT molecular complexity index is 228. The molecule has 0 bridgehead atoms. The molecule has 6 nitrogen and oxygen atoms in total. The topological polar surface area (TPSA) is 72.2 Å². The summed E-state index contributed by atoms with van der Waals surface area (Å²) in [6.07, 6.45) is 1.46. The number of nitrogens with two attached hydrogens (primary N) is 1. The van der Waals surface area contributed by atoms with Crippen molar-refractivity contribution in [3.05, 3.63) is 0 Å². The summed E-state index contributed by atoms with van der Waals surface area (Å²) < 4.78 is 28.9. The predicted octanol–water partition coefficient (Wildman–Crippen LogP) is 2.04. The minimum absolute atomic E-state index is 0.464. The van der Waals surface area contributed by atoms with Gasteiger partial charge in [-0.2, -0.15) is 0 Å². The van der Waals surface area contributed by atoms with E-state index >= 15 is 0 Å². The van der Waals surface area contributed by atoms with E-state index < -0.39 is 14.8 Å². The Hall–Kier alpha value is -0.0231. The summed E-state index contributed by atoms with van der Waals surface area (Å²) in [5, 5.41) is 0. The Kier molecular flexibility index (Phi) is 10.7. The third-order valence-corrected chi connectivity index (χ3v) is 5.20. The van der Waals surface area contributed by atoms with E-state index in [1.54, 1.807) is 0 Å². The summed E-state index contributed by atoms with van der Waals surface area (Å²) in [5.74, 6) is -0.806. The lowest BCUT2D eigenvalue weighted by atomic mass is 10.2. The van der Waals surface area contributed by atoms with Gasteiger partial charge >= 0.3 is 9.05 Å². The van der Waals surface area contributed by atoms with E-state index in [9.17, 15) is 0 Å². The highest BCUT2D eigenvalue weighted by Crippen LogP contribution is 2.26. The summed E-state index contributed by atoms with van der Waals surface area (Å²) in [4.78, 5) is 0. The van der Waals surface area contributed by atoms with Crippen molar-refractivity contribution in [2.24, 2.45) is 5.73 Å². The second kappa shape index (κ2) is 10.7. The lowest BCUT2D eigenvalue weighted by molar-refractivity contribution is -0.219. The van der Waals surface area contributed by atoms with Gasteiger partial charge in [-0.1, -0.05) is 0 Å². The van der Waals surface area contributed by atoms with Crippen molar-refractivity contribution < 1.29 is 22.4 Å². The van der Waals surface area contributed by atoms with Crippen molar-refractivity contribution in [1.82, 2.24) is 0 Å². The van der Waals surface area contributed by atoms with Crippen molar-refractivity contribution in [3.63, 3.8) is 0 Å². The molecular weight excluding hydrogens is 278 g/mol. The number of hydrogen-bond donors (Lipinski definition) is 1. The van der Waals surface area contributed by atoms with Gasteiger partial charge in [0.05, 0.1) is 0 Å². The standard InChI is InChI=1S/C13H31NO5Si/c1-6-15-13(5,11-10-12-14)19-20(16-7-2,17-8-3)18-9-4/h6-12,14H2,1-5H3. The summed E-state index contributed by atoms with van der Waals surface area (Å²) >= 11 is 0. The zero-order valence-electron chi connectivity index (χ0n) is 13.6. The van der Waals surface area contributed by atoms with Gasteiger partial charge in [0, 0.05) is 32.8 Å². The Balaban J connectivity index is 5.00. The van der Waals surface area contributed by atoms with Crippen molar-refractivity contribution in [3.8, 4) is 0 Å². The SMILES string of the molecule is CCOC(C)(CCCN)O[Si](OCC)(OCC)OCC. The summed E-state index contributed by atoms with van der Waals surface area (Å²) in [5.41, 5.74) is 5.58. The number of hydrogen-bond acceptors (Lipinski definition) is 6. The van der Waals surface area contributed by atoms with Gasteiger partial charge in [0.15, 0.2) is 5.79 Å². The van der Waals surface area contributed by atoms with Gasteiger partial charge in [-0.15, -0.1) is 0 Å².